The van der Waals surface area contributed by atoms with Gasteiger partial charge in [-0.2, -0.15) is 0 Å². The molecule has 2 aliphatic heterocycles. The van der Waals surface area contributed by atoms with Gasteiger partial charge in [-0.15, -0.1) is 0 Å². The van der Waals surface area contributed by atoms with E-state index in [-0.39, 0.29) is 12.1 Å². The predicted octanol–water partition coefficient (Wildman–Crippen LogP) is 0.574. The number of morpholine rings is 1. The van der Waals surface area contributed by atoms with E-state index < -0.39 is 5.60 Å². The summed E-state index contributed by atoms with van der Waals surface area (Å²) in [7, 11) is 0. The quantitative estimate of drug-likeness (QED) is 0.777. The summed E-state index contributed by atoms with van der Waals surface area (Å²) in [5.74, 6) is 0. The summed E-state index contributed by atoms with van der Waals surface area (Å²) in [5, 5.41) is 6.36. The van der Waals surface area contributed by atoms with Gasteiger partial charge in [-0.25, -0.2) is 4.79 Å². The molecule has 0 spiro atoms. The third-order valence-electron chi connectivity index (χ3n) is 3.61. The number of carbonyl (C=O) groups excluding carboxylic acids is 1. The van der Waals surface area contributed by atoms with Crippen molar-refractivity contribution in [1.82, 2.24) is 15.5 Å². The minimum absolute atomic E-state index is 0.131. The van der Waals surface area contributed by atoms with Crippen molar-refractivity contribution >= 4 is 6.09 Å². The van der Waals surface area contributed by atoms with Crippen LogP contribution in [0.4, 0.5) is 4.79 Å². The largest absolute Gasteiger partial charge is 0.444 e. The highest BCUT2D eigenvalue weighted by atomic mass is 16.6. The molecule has 6 nitrogen and oxygen atoms in total. The van der Waals surface area contributed by atoms with Gasteiger partial charge < -0.3 is 20.1 Å². The van der Waals surface area contributed by atoms with Crippen LogP contribution in [0.2, 0.25) is 0 Å². The summed E-state index contributed by atoms with van der Waals surface area (Å²) in [4.78, 5) is 14.3. The summed E-state index contributed by atoms with van der Waals surface area (Å²) in [5.41, 5.74) is -0.449. The second-order valence-corrected chi connectivity index (χ2v) is 6.54. The van der Waals surface area contributed by atoms with Crippen molar-refractivity contribution in [2.45, 2.75) is 44.9 Å². The summed E-state index contributed by atoms with van der Waals surface area (Å²) in [6.07, 6.45) is 0.638. The van der Waals surface area contributed by atoms with Gasteiger partial charge in [0.25, 0.3) is 0 Å². The molecule has 2 atom stereocenters. The fraction of sp³-hybridized carbons (Fsp3) is 0.929. The molecular weight excluding hydrogens is 258 g/mol. The molecule has 1 amide bonds. The van der Waals surface area contributed by atoms with Crippen molar-refractivity contribution in [2.24, 2.45) is 0 Å². The predicted molar refractivity (Wildman–Crippen MR) is 76.8 cm³/mol. The van der Waals surface area contributed by atoms with Crippen molar-refractivity contribution in [3.63, 3.8) is 0 Å². The summed E-state index contributed by atoms with van der Waals surface area (Å²) >= 11 is 0. The van der Waals surface area contributed by atoms with Crippen LogP contribution in [0, 0.1) is 0 Å². The van der Waals surface area contributed by atoms with E-state index in [1.165, 1.54) is 0 Å². The number of hydrogen-bond acceptors (Lipinski definition) is 5. The molecule has 2 fully saturated rings. The minimum atomic E-state index is -0.449. The van der Waals surface area contributed by atoms with Crippen LogP contribution in [-0.4, -0.2) is 68.1 Å². The minimum Gasteiger partial charge on any atom is -0.444 e. The van der Waals surface area contributed by atoms with Gasteiger partial charge in [0.1, 0.15) is 5.60 Å². The lowest BCUT2D eigenvalue weighted by Crippen LogP contribution is -2.57. The van der Waals surface area contributed by atoms with E-state index >= 15 is 0 Å². The Bertz CT molecular complexity index is 324. The molecule has 6 heteroatoms. The van der Waals surface area contributed by atoms with Crippen molar-refractivity contribution in [3.8, 4) is 0 Å². The maximum atomic E-state index is 11.8. The van der Waals surface area contributed by atoms with Gasteiger partial charge in [-0.3, -0.25) is 4.90 Å². The Morgan fingerprint density at radius 2 is 2.00 bits per heavy atom. The van der Waals surface area contributed by atoms with E-state index in [4.69, 9.17) is 9.47 Å². The SMILES string of the molecule is CC(C)(C)OC(=O)N[C@@H]1CNC[C@@H](N2CCOCC2)C1. The zero-order valence-electron chi connectivity index (χ0n) is 12.8. The summed E-state index contributed by atoms with van der Waals surface area (Å²) < 4.78 is 10.7. The first-order valence-electron chi connectivity index (χ1n) is 7.46. The molecule has 0 saturated carbocycles. The first-order valence-corrected chi connectivity index (χ1v) is 7.46. The van der Waals surface area contributed by atoms with Crippen LogP contribution in [0.15, 0.2) is 0 Å². The molecule has 2 saturated heterocycles. The van der Waals surface area contributed by atoms with E-state index in [1.54, 1.807) is 0 Å². The molecule has 0 aromatic rings. The normalized spacial score (nSPS) is 28.9. The average Bonchev–Trinajstić information content (AvgIpc) is 2.38. The Kier molecular flexibility index (Phi) is 5.23. The van der Waals surface area contributed by atoms with E-state index in [1.807, 2.05) is 20.8 Å². The van der Waals surface area contributed by atoms with Gasteiger partial charge in [-0.1, -0.05) is 0 Å². The van der Waals surface area contributed by atoms with E-state index in [9.17, 15) is 4.79 Å². The van der Waals surface area contributed by atoms with Crippen LogP contribution in [0.3, 0.4) is 0 Å². The van der Waals surface area contributed by atoms with E-state index in [2.05, 4.69) is 15.5 Å². The third kappa shape index (κ3) is 4.92. The number of hydrogen-bond donors (Lipinski definition) is 2. The fourth-order valence-corrected chi connectivity index (χ4v) is 2.72. The highest BCUT2D eigenvalue weighted by Gasteiger charge is 2.29. The summed E-state index contributed by atoms with van der Waals surface area (Å²) in [6.45, 7) is 11.0. The van der Waals surface area contributed by atoms with Gasteiger partial charge in [0, 0.05) is 38.3 Å². The van der Waals surface area contributed by atoms with Crippen LogP contribution in [0.25, 0.3) is 0 Å². The molecule has 0 unspecified atom stereocenters. The zero-order valence-corrected chi connectivity index (χ0v) is 12.8. The Labute approximate surface area is 121 Å². The first kappa shape index (κ1) is 15.5. The highest BCUT2D eigenvalue weighted by molar-refractivity contribution is 5.68. The first-order chi connectivity index (χ1) is 9.44. The second-order valence-electron chi connectivity index (χ2n) is 6.54. The number of piperidine rings is 1. The Balaban J connectivity index is 1.79. The average molecular weight is 285 g/mol. The maximum Gasteiger partial charge on any atom is 0.407 e. The number of alkyl carbamates (subject to hydrolysis) is 1. The van der Waals surface area contributed by atoms with Crippen molar-refractivity contribution in [1.29, 1.82) is 0 Å². The maximum absolute atomic E-state index is 11.8. The molecule has 2 rings (SSSR count). The van der Waals surface area contributed by atoms with Crippen molar-refractivity contribution in [3.05, 3.63) is 0 Å². The Morgan fingerprint density at radius 3 is 2.65 bits per heavy atom. The van der Waals surface area contributed by atoms with Crippen molar-refractivity contribution < 1.29 is 14.3 Å². The molecule has 116 valence electrons. The van der Waals surface area contributed by atoms with Crippen LogP contribution in [-0.2, 0) is 9.47 Å². The molecule has 2 heterocycles. The number of amides is 1. The van der Waals surface area contributed by atoms with Crippen LogP contribution < -0.4 is 10.6 Å². The van der Waals surface area contributed by atoms with Gasteiger partial charge in [-0.05, 0) is 27.2 Å². The number of carbonyl (C=O) groups is 1. The molecule has 0 aromatic heterocycles. The molecule has 0 radical (unpaired) electrons. The lowest BCUT2D eigenvalue weighted by atomic mass is 10.0. The van der Waals surface area contributed by atoms with Gasteiger partial charge >= 0.3 is 6.09 Å². The topological polar surface area (TPSA) is 62.8 Å². The smallest absolute Gasteiger partial charge is 0.407 e. The molecule has 2 N–H and O–H groups in total. The van der Waals surface area contributed by atoms with Crippen molar-refractivity contribution in [2.75, 3.05) is 39.4 Å². The zero-order chi connectivity index (χ0) is 14.6. The third-order valence-corrected chi connectivity index (χ3v) is 3.61. The van der Waals surface area contributed by atoms with E-state index in [0.29, 0.717) is 6.04 Å². The van der Waals surface area contributed by atoms with E-state index in [0.717, 1.165) is 45.8 Å². The van der Waals surface area contributed by atoms with Crippen LogP contribution in [0.1, 0.15) is 27.2 Å². The number of nitrogens with zero attached hydrogens (tertiary/aromatic N) is 1. The molecule has 0 aliphatic carbocycles. The summed E-state index contributed by atoms with van der Waals surface area (Å²) in [6, 6.07) is 0.596. The Morgan fingerprint density at radius 1 is 1.30 bits per heavy atom. The molecular formula is C14H27N3O3. The van der Waals surface area contributed by atoms with Crippen LogP contribution in [0.5, 0.6) is 0 Å². The molecule has 2 aliphatic rings. The number of nitrogens with one attached hydrogen (secondary N) is 2. The monoisotopic (exact) mass is 285 g/mol. The van der Waals surface area contributed by atoms with Crippen LogP contribution >= 0.6 is 0 Å². The highest BCUT2D eigenvalue weighted by Crippen LogP contribution is 2.14. The standard InChI is InChI=1S/C14H27N3O3/c1-14(2,3)20-13(18)16-11-8-12(10-15-9-11)17-4-6-19-7-5-17/h11-12,15H,4-10H2,1-3H3,(H,16,18)/t11-,12-/m0/s1. The Hall–Kier alpha value is -0.850. The van der Waals surface area contributed by atoms with Gasteiger partial charge in [0.05, 0.1) is 13.2 Å². The second kappa shape index (κ2) is 6.74. The fourth-order valence-electron chi connectivity index (χ4n) is 2.72. The van der Waals surface area contributed by atoms with Gasteiger partial charge in [0.2, 0.25) is 0 Å². The molecule has 0 aromatic carbocycles. The molecule has 20 heavy (non-hydrogen) atoms. The van der Waals surface area contributed by atoms with Gasteiger partial charge in [0.15, 0.2) is 0 Å². The number of ether oxygens (including phenoxy) is 2. The lowest BCUT2D eigenvalue weighted by molar-refractivity contribution is 0.00733. The molecule has 0 bridgehead atoms. The number of rotatable bonds is 2. The lowest BCUT2D eigenvalue weighted by Gasteiger charge is -2.39.